The third-order valence-electron chi connectivity index (χ3n) is 2.32. The van der Waals surface area contributed by atoms with E-state index in [9.17, 15) is 4.79 Å². The molecule has 1 heterocycles. The fourth-order valence-electron chi connectivity index (χ4n) is 1.41. The Kier molecular flexibility index (Phi) is 4.29. The molecule has 1 atom stereocenters. The summed E-state index contributed by atoms with van der Waals surface area (Å²) in [4.78, 5) is 11.7. The van der Waals surface area contributed by atoms with Crippen LogP contribution in [0.2, 0.25) is 0 Å². The fourth-order valence-corrected chi connectivity index (χ4v) is 1.41. The zero-order chi connectivity index (χ0) is 12.0. The maximum atomic E-state index is 11.7. The normalized spacial score (nSPS) is 25.9. The second kappa shape index (κ2) is 5.50. The Morgan fingerprint density at radius 1 is 1.44 bits per heavy atom. The molecule has 0 unspecified atom stereocenters. The molecule has 0 saturated carbocycles. The molecule has 0 amide bonds. The van der Waals surface area contributed by atoms with E-state index in [2.05, 4.69) is 6.92 Å². The lowest BCUT2D eigenvalue weighted by atomic mass is 10.0. The average Bonchev–Trinajstić information content (AvgIpc) is 2.51. The van der Waals surface area contributed by atoms with Gasteiger partial charge in [-0.25, -0.2) is 0 Å². The monoisotopic (exact) mass is 218 g/mol. The van der Waals surface area contributed by atoms with Gasteiger partial charge >= 0.3 is 0 Å². The summed E-state index contributed by atoms with van der Waals surface area (Å²) in [5.74, 6) is 0.612. The van der Waals surface area contributed by atoms with Gasteiger partial charge in [-0.3, -0.25) is 4.79 Å². The molecule has 0 saturated heterocycles. The SMILES string of the molecule is CC=CC1=CC(=O)[C@](C)(/C=C/C=C/CC)O1. The molecule has 0 fully saturated rings. The molecule has 0 radical (unpaired) electrons. The van der Waals surface area contributed by atoms with Crippen molar-refractivity contribution >= 4 is 5.78 Å². The van der Waals surface area contributed by atoms with Crippen LogP contribution in [0.25, 0.3) is 0 Å². The van der Waals surface area contributed by atoms with Crippen LogP contribution in [0, 0.1) is 0 Å². The van der Waals surface area contributed by atoms with Crippen molar-refractivity contribution in [1.82, 2.24) is 0 Å². The smallest absolute Gasteiger partial charge is 0.206 e. The number of carbonyl (C=O) groups excluding carboxylic acids is 1. The Balaban J connectivity index is 2.71. The maximum Gasteiger partial charge on any atom is 0.206 e. The van der Waals surface area contributed by atoms with Gasteiger partial charge in [-0.2, -0.15) is 0 Å². The van der Waals surface area contributed by atoms with Gasteiger partial charge in [0.25, 0.3) is 0 Å². The van der Waals surface area contributed by atoms with Crippen molar-refractivity contribution in [2.75, 3.05) is 0 Å². The van der Waals surface area contributed by atoms with E-state index in [1.807, 2.05) is 31.2 Å². The van der Waals surface area contributed by atoms with E-state index in [4.69, 9.17) is 4.74 Å². The van der Waals surface area contributed by atoms with Crippen molar-refractivity contribution in [1.29, 1.82) is 0 Å². The number of carbonyl (C=O) groups is 1. The molecule has 0 N–H and O–H groups in total. The van der Waals surface area contributed by atoms with Gasteiger partial charge < -0.3 is 4.74 Å². The minimum atomic E-state index is -0.840. The van der Waals surface area contributed by atoms with Crippen molar-refractivity contribution in [3.63, 3.8) is 0 Å². The lowest BCUT2D eigenvalue weighted by Gasteiger charge is -2.18. The molecule has 1 rings (SSSR count). The Labute approximate surface area is 97.0 Å². The van der Waals surface area contributed by atoms with E-state index in [0.717, 1.165) is 6.42 Å². The summed E-state index contributed by atoms with van der Waals surface area (Å²) in [6, 6.07) is 0. The molecule has 2 nitrogen and oxygen atoms in total. The van der Waals surface area contributed by atoms with Crippen LogP contribution in [0.5, 0.6) is 0 Å². The highest BCUT2D eigenvalue weighted by atomic mass is 16.5. The van der Waals surface area contributed by atoms with E-state index in [0.29, 0.717) is 5.76 Å². The van der Waals surface area contributed by atoms with Crippen LogP contribution in [0.4, 0.5) is 0 Å². The second-order valence-electron chi connectivity index (χ2n) is 3.82. The van der Waals surface area contributed by atoms with E-state index in [-0.39, 0.29) is 5.78 Å². The third-order valence-corrected chi connectivity index (χ3v) is 2.32. The van der Waals surface area contributed by atoms with Gasteiger partial charge in [0, 0.05) is 6.08 Å². The van der Waals surface area contributed by atoms with Crippen molar-refractivity contribution in [3.05, 3.63) is 48.3 Å². The van der Waals surface area contributed by atoms with Crippen LogP contribution in [-0.2, 0) is 9.53 Å². The molecule has 1 aliphatic rings. The van der Waals surface area contributed by atoms with E-state index < -0.39 is 5.60 Å². The zero-order valence-electron chi connectivity index (χ0n) is 10.1. The molecule has 86 valence electrons. The highest BCUT2D eigenvalue weighted by Gasteiger charge is 2.36. The summed E-state index contributed by atoms with van der Waals surface area (Å²) in [5.41, 5.74) is -0.840. The highest BCUT2D eigenvalue weighted by molar-refractivity contribution is 6.01. The fraction of sp³-hybridized carbons (Fsp3) is 0.357. The zero-order valence-corrected chi connectivity index (χ0v) is 10.1. The van der Waals surface area contributed by atoms with Gasteiger partial charge in [0.2, 0.25) is 5.78 Å². The van der Waals surface area contributed by atoms with Crippen molar-refractivity contribution in [2.45, 2.75) is 32.8 Å². The van der Waals surface area contributed by atoms with Gasteiger partial charge in [-0.15, -0.1) is 0 Å². The molecule has 1 aliphatic heterocycles. The first kappa shape index (κ1) is 12.5. The number of ketones is 1. The lowest BCUT2D eigenvalue weighted by molar-refractivity contribution is -0.124. The number of ether oxygens (including phenoxy) is 1. The summed E-state index contributed by atoms with van der Waals surface area (Å²) >= 11 is 0. The van der Waals surface area contributed by atoms with Crippen LogP contribution in [0.15, 0.2) is 48.3 Å². The Bertz CT molecular complexity index is 372. The van der Waals surface area contributed by atoms with Crippen molar-refractivity contribution < 1.29 is 9.53 Å². The Morgan fingerprint density at radius 3 is 2.81 bits per heavy atom. The van der Waals surface area contributed by atoms with Crippen LogP contribution >= 0.6 is 0 Å². The number of rotatable bonds is 4. The third kappa shape index (κ3) is 2.96. The molecule has 0 aromatic rings. The average molecular weight is 218 g/mol. The molecule has 0 aliphatic carbocycles. The van der Waals surface area contributed by atoms with Crippen LogP contribution < -0.4 is 0 Å². The molecule has 16 heavy (non-hydrogen) atoms. The second-order valence-corrected chi connectivity index (χ2v) is 3.82. The van der Waals surface area contributed by atoms with Crippen LogP contribution in [0.3, 0.4) is 0 Å². The van der Waals surface area contributed by atoms with Gasteiger partial charge in [0.1, 0.15) is 5.76 Å². The predicted octanol–water partition coefficient (Wildman–Crippen LogP) is 3.33. The van der Waals surface area contributed by atoms with E-state index in [1.165, 1.54) is 6.08 Å². The topological polar surface area (TPSA) is 26.3 Å². The molecule has 0 aromatic carbocycles. The largest absolute Gasteiger partial charge is 0.475 e. The summed E-state index contributed by atoms with van der Waals surface area (Å²) in [6.45, 7) is 5.73. The lowest BCUT2D eigenvalue weighted by Crippen LogP contribution is -2.29. The first-order valence-electron chi connectivity index (χ1n) is 5.54. The Hall–Kier alpha value is -1.57. The van der Waals surface area contributed by atoms with Crippen LogP contribution in [-0.4, -0.2) is 11.4 Å². The van der Waals surface area contributed by atoms with E-state index >= 15 is 0 Å². The quantitative estimate of drug-likeness (QED) is 0.676. The molecular formula is C14H18O2. The minimum Gasteiger partial charge on any atom is -0.475 e. The number of hydrogen-bond donors (Lipinski definition) is 0. The van der Waals surface area contributed by atoms with Gasteiger partial charge in [0.05, 0.1) is 0 Å². The summed E-state index contributed by atoms with van der Waals surface area (Å²) < 4.78 is 5.59. The highest BCUT2D eigenvalue weighted by Crippen LogP contribution is 2.26. The molecule has 0 bridgehead atoms. The number of hydrogen-bond acceptors (Lipinski definition) is 2. The van der Waals surface area contributed by atoms with E-state index in [1.54, 1.807) is 19.1 Å². The maximum absolute atomic E-state index is 11.7. The van der Waals surface area contributed by atoms with Gasteiger partial charge in [-0.05, 0) is 32.4 Å². The standard InChI is InChI=1S/C14H18O2/c1-4-6-7-8-10-14(3)13(15)11-12(16-14)9-5-2/h5-11H,4H2,1-3H3/b7-6+,9-5?,10-8+/t14-/m0/s1. The molecule has 0 spiro atoms. The first-order valence-corrected chi connectivity index (χ1v) is 5.54. The van der Waals surface area contributed by atoms with Gasteiger partial charge in [0.15, 0.2) is 5.60 Å². The molecule has 0 aromatic heterocycles. The molecular weight excluding hydrogens is 200 g/mol. The summed E-state index contributed by atoms with van der Waals surface area (Å²) in [6.07, 6.45) is 13.8. The predicted molar refractivity (Wildman–Crippen MR) is 66.0 cm³/mol. The van der Waals surface area contributed by atoms with Crippen molar-refractivity contribution in [3.8, 4) is 0 Å². The Morgan fingerprint density at radius 2 is 2.19 bits per heavy atom. The number of allylic oxidation sites excluding steroid dienone is 5. The van der Waals surface area contributed by atoms with Crippen LogP contribution in [0.1, 0.15) is 27.2 Å². The summed E-state index contributed by atoms with van der Waals surface area (Å²) in [5, 5.41) is 0. The minimum absolute atomic E-state index is 0.0123. The van der Waals surface area contributed by atoms with Crippen molar-refractivity contribution in [2.24, 2.45) is 0 Å². The molecule has 2 heteroatoms. The summed E-state index contributed by atoms with van der Waals surface area (Å²) in [7, 11) is 0. The van der Waals surface area contributed by atoms with Gasteiger partial charge in [-0.1, -0.05) is 31.2 Å². The first-order chi connectivity index (χ1) is 7.62.